The molecule has 0 bridgehead atoms. The Morgan fingerprint density at radius 3 is 2.09 bits per heavy atom. The molecule has 0 saturated carbocycles. The van der Waals surface area contributed by atoms with Gasteiger partial charge >= 0.3 is 24.3 Å². The monoisotopic (exact) mass is 516 g/mol. The van der Waals surface area contributed by atoms with Crippen molar-refractivity contribution in [3.8, 4) is 0 Å². The van der Waals surface area contributed by atoms with E-state index in [-0.39, 0.29) is 0 Å². The minimum atomic E-state index is -5.08. The summed E-state index contributed by atoms with van der Waals surface area (Å²) in [5.74, 6) is -5.51. The molecule has 34 heavy (non-hydrogen) atoms. The van der Waals surface area contributed by atoms with E-state index in [1.807, 2.05) is 23.7 Å². The zero-order chi connectivity index (χ0) is 26.1. The zero-order valence-corrected chi connectivity index (χ0v) is 18.9. The number of carboxylic acids is 2. The number of nitrogens with zero attached hydrogens (tertiary/aromatic N) is 2. The van der Waals surface area contributed by atoms with Gasteiger partial charge in [0.05, 0.1) is 6.61 Å². The van der Waals surface area contributed by atoms with E-state index in [0.717, 1.165) is 26.1 Å². The Bertz CT molecular complexity index is 938. The number of pyridine rings is 1. The third-order valence-corrected chi connectivity index (χ3v) is 5.25. The number of carboxylic acid groups (broad SMARTS) is 2. The van der Waals surface area contributed by atoms with Gasteiger partial charge in [-0.3, -0.25) is 9.88 Å². The maximum Gasteiger partial charge on any atom is 0.490 e. The van der Waals surface area contributed by atoms with Crippen molar-refractivity contribution < 1.29 is 50.9 Å². The van der Waals surface area contributed by atoms with Gasteiger partial charge in [0.25, 0.3) is 0 Å². The number of hydrogen-bond acceptors (Lipinski definition) is 6. The van der Waals surface area contributed by atoms with Crippen LogP contribution < -0.4 is 0 Å². The molecule has 0 unspecified atom stereocenters. The summed E-state index contributed by atoms with van der Waals surface area (Å²) >= 11 is 1.90. The number of aromatic nitrogens is 1. The number of alkyl halides is 6. The standard InChI is InChI=1S/C16H20N2OS.2C2HF3O2/c1-12-3-4-15(20-12)10-18-6-5-16-13(9-18)7-17-8-14(16)11-19-2;2*3-2(4,5)1(6)7/h3-4,7-8H,5-6,9-11H2,1-2H3;2*(H,6,7). The van der Waals surface area contributed by atoms with Crippen molar-refractivity contribution >= 4 is 23.3 Å². The fourth-order valence-electron chi connectivity index (χ4n) is 2.83. The Hall–Kier alpha value is -2.71. The van der Waals surface area contributed by atoms with Gasteiger partial charge in [0.2, 0.25) is 0 Å². The van der Waals surface area contributed by atoms with Crippen LogP contribution in [0.2, 0.25) is 0 Å². The fourth-order valence-corrected chi connectivity index (χ4v) is 3.76. The van der Waals surface area contributed by atoms with Crippen LogP contribution in [0, 0.1) is 6.92 Å². The van der Waals surface area contributed by atoms with Gasteiger partial charge in [-0.05, 0) is 42.2 Å². The van der Waals surface area contributed by atoms with Gasteiger partial charge < -0.3 is 14.9 Å². The first-order valence-corrected chi connectivity index (χ1v) is 10.3. The van der Waals surface area contributed by atoms with Crippen LogP contribution in [0.1, 0.15) is 26.4 Å². The Kier molecular flexibility index (Phi) is 10.9. The van der Waals surface area contributed by atoms with Crippen molar-refractivity contribution in [2.24, 2.45) is 0 Å². The zero-order valence-electron chi connectivity index (χ0n) is 18.0. The van der Waals surface area contributed by atoms with E-state index in [2.05, 4.69) is 28.9 Å². The van der Waals surface area contributed by atoms with Crippen molar-refractivity contribution in [2.75, 3.05) is 13.7 Å². The molecule has 0 saturated heterocycles. The number of carbonyl (C=O) groups is 2. The van der Waals surface area contributed by atoms with Crippen LogP contribution >= 0.6 is 11.3 Å². The second-order valence-corrected chi connectivity index (χ2v) is 8.32. The Balaban J connectivity index is 0.000000343. The summed E-state index contributed by atoms with van der Waals surface area (Å²) in [6.45, 7) is 5.99. The molecule has 0 radical (unpaired) electrons. The molecule has 0 atom stereocenters. The summed E-state index contributed by atoms with van der Waals surface area (Å²) in [7, 11) is 1.74. The van der Waals surface area contributed by atoms with Crippen molar-refractivity contribution in [1.29, 1.82) is 0 Å². The third-order valence-electron chi connectivity index (χ3n) is 4.27. The van der Waals surface area contributed by atoms with Gasteiger partial charge in [0.1, 0.15) is 0 Å². The highest BCUT2D eigenvalue weighted by atomic mass is 32.1. The summed E-state index contributed by atoms with van der Waals surface area (Å²) in [5.41, 5.74) is 4.05. The lowest BCUT2D eigenvalue weighted by atomic mass is 9.97. The van der Waals surface area contributed by atoms with Crippen LogP contribution in [0.3, 0.4) is 0 Å². The van der Waals surface area contributed by atoms with Crippen LogP contribution in [0.4, 0.5) is 26.3 Å². The summed E-state index contributed by atoms with van der Waals surface area (Å²) in [6, 6.07) is 4.45. The van der Waals surface area contributed by atoms with E-state index in [0.29, 0.717) is 6.61 Å². The molecule has 14 heteroatoms. The molecule has 1 aliphatic heterocycles. The summed E-state index contributed by atoms with van der Waals surface area (Å²) < 4.78 is 68.7. The molecule has 0 spiro atoms. The molecular weight excluding hydrogens is 494 g/mol. The Morgan fingerprint density at radius 2 is 1.65 bits per heavy atom. The largest absolute Gasteiger partial charge is 0.490 e. The molecule has 190 valence electrons. The number of fused-ring (bicyclic) bond motifs is 1. The second kappa shape index (κ2) is 12.7. The van der Waals surface area contributed by atoms with Crippen LogP contribution in [0.5, 0.6) is 0 Å². The van der Waals surface area contributed by atoms with Crippen molar-refractivity contribution in [3.05, 3.63) is 51.0 Å². The number of hydrogen-bond donors (Lipinski definition) is 2. The smallest absolute Gasteiger partial charge is 0.475 e. The second-order valence-electron chi connectivity index (χ2n) is 6.95. The highest BCUT2D eigenvalue weighted by molar-refractivity contribution is 7.11. The fraction of sp³-hybridized carbons (Fsp3) is 0.450. The van der Waals surface area contributed by atoms with Gasteiger partial charge in [0, 0.05) is 48.9 Å². The quantitative estimate of drug-likeness (QED) is 0.581. The number of aliphatic carboxylic acids is 2. The summed E-state index contributed by atoms with van der Waals surface area (Å²) in [4.78, 5) is 27.5. The van der Waals surface area contributed by atoms with Crippen molar-refractivity contribution in [3.63, 3.8) is 0 Å². The van der Waals surface area contributed by atoms with Crippen LogP contribution in [-0.4, -0.2) is 58.0 Å². The van der Waals surface area contributed by atoms with E-state index in [1.54, 1.807) is 7.11 Å². The highest BCUT2D eigenvalue weighted by Crippen LogP contribution is 2.25. The molecular formula is C20H22F6N2O5S. The van der Waals surface area contributed by atoms with E-state index in [9.17, 15) is 26.3 Å². The van der Waals surface area contributed by atoms with Gasteiger partial charge in [-0.2, -0.15) is 26.3 Å². The number of halogens is 6. The van der Waals surface area contributed by atoms with Gasteiger partial charge in [-0.25, -0.2) is 9.59 Å². The molecule has 2 aromatic heterocycles. The molecule has 0 fully saturated rings. The number of aryl methyl sites for hydroxylation is 1. The molecule has 3 heterocycles. The maximum absolute atomic E-state index is 10.6. The molecule has 2 N–H and O–H groups in total. The Morgan fingerprint density at radius 1 is 1.09 bits per heavy atom. The van der Waals surface area contributed by atoms with Gasteiger partial charge in [-0.1, -0.05) is 0 Å². The van der Waals surface area contributed by atoms with E-state index in [4.69, 9.17) is 24.5 Å². The molecule has 3 rings (SSSR count). The van der Waals surface area contributed by atoms with Gasteiger partial charge in [-0.15, -0.1) is 11.3 Å². The average molecular weight is 516 g/mol. The summed E-state index contributed by atoms with van der Waals surface area (Å²) in [5, 5.41) is 14.2. The first-order chi connectivity index (χ1) is 15.6. The van der Waals surface area contributed by atoms with Crippen LogP contribution in [0.25, 0.3) is 0 Å². The van der Waals surface area contributed by atoms with E-state index < -0.39 is 24.3 Å². The van der Waals surface area contributed by atoms with Crippen molar-refractivity contribution in [1.82, 2.24) is 9.88 Å². The molecule has 0 aliphatic carbocycles. The first-order valence-electron chi connectivity index (χ1n) is 9.46. The number of ether oxygens (including phenoxy) is 1. The van der Waals surface area contributed by atoms with E-state index in [1.165, 1.54) is 26.4 Å². The minimum absolute atomic E-state index is 0.667. The van der Waals surface area contributed by atoms with E-state index >= 15 is 0 Å². The predicted molar refractivity (Wildman–Crippen MR) is 109 cm³/mol. The number of rotatable bonds is 4. The number of methoxy groups -OCH3 is 1. The SMILES string of the molecule is COCc1cncc2c1CCN(Cc1ccc(C)s1)C2.O=C(O)C(F)(F)F.O=C(O)C(F)(F)F. The lowest BCUT2D eigenvalue weighted by molar-refractivity contribution is -0.193. The van der Waals surface area contributed by atoms with Crippen molar-refractivity contribution in [2.45, 2.75) is 45.4 Å². The molecule has 0 amide bonds. The Labute approximate surface area is 194 Å². The number of thiophene rings is 1. The predicted octanol–water partition coefficient (Wildman–Crippen LogP) is 4.42. The maximum atomic E-state index is 10.6. The lowest BCUT2D eigenvalue weighted by Crippen LogP contribution is -2.30. The molecule has 2 aromatic rings. The highest BCUT2D eigenvalue weighted by Gasteiger charge is 2.38. The molecule has 1 aliphatic rings. The minimum Gasteiger partial charge on any atom is -0.475 e. The molecule has 7 nitrogen and oxygen atoms in total. The molecule has 0 aromatic carbocycles. The van der Waals surface area contributed by atoms with Crippen LogP contribution in [-0.2, 0) is 40.4 Å². The van der Waals surface area contributed by atoms with Crippen LogP contribution in [0.15, 0.2) is 24.5 Å². The topological polar surface area (TPSA) is 100.0 Å². The first kappa shape index (κ1) is 29.3. The normalized spacial score (nSPS) is 13.6. The average Bonchev–Trinajstić information content (AvgIpc) is 3.12. The third kappa shape index (κ3) is 10.1. The lowest BCUT2D eigenvalue weighted by Gasteiger charge is -2.29. The summed E-state index contributed by atoms with van der Waals surface area (Å²) in [6.07, 6.45) is -5.11. The van der Waals surface area contributed by atoms with Gasteiger partial charge in [0.15, 0.2) is 0 Å².